The lowest BCUT2D eigenvalue weighted by Crippen LogP contribution is -2.30. The molecule has 0 amide bonds. The third-order valence-corrected chi connectivity index (χ3v) is 7.94. The van der Waals surface area contributed by atoms with E-state index in [4.69, 9.17) is 0 Å². The lowest BCUT2D eigenvalue weighted by Gasteiger charge is -2.27. The fourth-order valence-corrected chi connectivity index (χ4v) is 6.40. The molecular formula is C25H22BrN3S. The highest BCUT2D eigenvalue weighted by Gasteiger charge is 2.41. The average molecular weight is 476 g/mol. The van der Waals surface area contributed by atoms with Crippen molar-refractivity contribution in [3.63, 3.8) is 0 Å². The van der Waals surface area contributed by atoms with Crippen LogP contribution < -0.4 is 4.90 Å². The van der Waals surface area contributed by atoms with Crippen LogP contribution in [0.5, 0.6) is 0 Å². The molecule has 1 aromatic heterocycles. The first-order valence-electron chi connectivity index (χ1n) is 10.6. The Bertz CT molecular complexity index is 1250. The average Bonchev–Trinajstić information content (AvgIpc) is 3.48. The highest BCUT2D eigenvalue weighted by molar-refractivity contribution is 9.10. The first-order chi connectivity index (χ1) is 14.7. The highest BCUT2D eigenvalue weighted by atomic mass is 79.9. The summed E-state index contributed by atoms with van der Waals surface area (Å²) in [5, 5.41) is 0. The maximum atomic E-state index is 4.58. The molecule has 3 aromatic carbocycles. The molecule has 30 heavy (non-hydrogen) atoms. The van der Waals surface area contributed by atoms with Crippen molar-refractivity contribution in [2.75, 3.05) is 4.90 Å². The van der Waals surface area contributed by atoms with Gasteiger partial charge in [-0.2, -0.15) is 8.75 Å². The summed E-state index contributed by atoms with van der Waals surface area (Å²) in [6.07, 6.45) is 3.90. The number of halogens is 1. The van der Waals surface area contributed by atoms with Gasteiger partial charge in [0.15, 0.2) is 0 Å². The molecule has 1 aliphatic carbocycles. The summed E-state index contributed by atoms with van der Waals surface area (Å²) in [6, 6.07) is 20.9. The normalized spacial score (nSPS) is 20.0. The molecule has 0 spiro atoms. The lowest BCUT2D eigenvalue weighted by atomic mass is 9.93. The van der Waals surface area contributed by atoms with E-state index in [2.05, 4.69) is 91.1 Å². The molecule has 1 aliphatic heterocycles. The number of hydrogen-bond acceptors (Lipinski definition) is 4. The summed E-state index contributed by atoms with van der Waals surface area (Å²) >= 11 is 4.89. The van der Waals surface area contributed by atoms with Gasteiger partial charge in [-0.15, -0.1) is 0 Å². The molecule has 0 N–H and O–H groups in total. The van der Waals surface area contributed by atoms with Gasteiger partial charge in [0.1, 0.15) is 11.0 Å². The van der Waals surface area contributed by atoms with Crippen molar-refractivity contribution >= 4 is 44.4 Å². The zero-order valence-corrected chi connectivity index (χ0v) is 19.2. The smallest absolute Gasteiger partial charge is 0.119 e. The van der Waals surface area contributed by atoms with Crippen molar-refractivity contribution in [3.8, 4) is 11.1 Å². The van der Waals surface area contributed by atoms with Crippen LogP contribution in [0.4, 0.5) is 5.69 Å². The van der Waals surface area contributed by atoms with Gasteiger partial charge in [-0.3, -0.25) is 0 Å². The molecule has 2 atom stereocenters. The van der Waals surface area contributed by atoms with E-state index in [1.54, 1.807) is 0 Å². The van der Waals surface area contributed by atoms with Crippen molar-refractivity contribution in [3.05, 3.63) is 75.8 Å². The molecule has 0 saturated heterocycles. The number of fused-ring (bicyclic) bond motifs is 4. The van der Waals surface area contributed by atoms with Crippen LogP contribution in [-0.2, 0) is 6.54 Å². The number of rotatable bonds is 3. The highest BCUT2D eigenvalue weighted by Crippen LogP contribution is 2.51. The lowest BCUT2D eigenvalue weighted by molar-refractivity contribution is 0.589. The first-order valence-corrected chi connectivity index (χ1v) is 12.1. The van der Waals surface area contributed by atoms with Crippen molar-refractivity contribution < 1.29 is 0 Å². The Morgan fingerprint density at radius 1 is 1.00 bits per heavy atom. The minimum absolute atomic E-state index is 0.627. The number of hydrogen-bond donors (Lipinski definition) is 0. The molecule has 5 heteroatoms. The zero-order valence-electron chi connectivity index (χ0n) is 16.8. The molecule has 4 aromatic rings. The van der Waals surface area contributed by atoms with Gasteiger partial charge in [0, 0.05) is 34.2 Å². The molecule has 0 bridgehead atoms. The summed E-state index contributed by atoms with van der Waals surface area (Å²) < 4.78 is 10.1. The van der Waals surface area contributed by atoms with Crippen molar-refractivity contribution in [1.82, 2.24) is 8.75 Å². The molecule has 1 saturated carbocycles. The second-order valence-corrected chi connectivity index (χ2v) is 9.93. The molecule has 2 heterocycles. The Morgan fingerprint density at radius 3 is 2.70 bits per heavy atom. The molecule has 0 radical (unpaired) electrons. The van der Waals surface area contributed by atoms with Crippen LogP contribution in [0.25, 0.3) is 22.2 Å². The van der Waals surface area contributed by atoms with Gasteiger partial charge in [-0.05, 0) is 70.6 Å². The third kappa shape index (κ3) is 2.90. The van der Waals surface area contributed by atoms with E-state index in [9.17, 15) is 0 Å². The van der Waals surface area contributed by atoms with E-state index in [0.29, 0.717) is 12.0 Å². The van der Waals surface area contributed by atoms with Crippen molar-refractivity contribution in [2.24, 2.45) is 0 Å². The van der Waals surface area contributed by atoms with Crippen LogP contribution in [0, 0.1) is 6.92 Å². The predicted octanol–water partition coefficient (Wildman–Crippen LogP) is 7.09. The number of anilines is 1. The van der Waals surface area contributed by atoms with Gasteiger partial charge < -0.3 is 4.90 Å². The van der Waals surface area contributed by atoms with E-state index < -0.39 is 0 Å². The summed E-state index contributed by atoms with van der Waals surface area (Å²) in [5.74, 6) is 0.643. The van der Waals surface area contributed by atoms with E-state index >= 15 is 0 Å². The molecule has 2 unspecified atom stereocenters. The van der Waals surface area contributed by atoms with Crippen LogP contribution in [-0.4, -0.2) is 14.8 Å². The van der Waals surface area contributed by atoms with Crippen LogP contribution in [0.2, 0.25) is 0 Å². The maximum absolute atomic E-state index is 4.58. The van der Waals surface area contributed by atoms with Gasteiger partial charge in [0.05, 0.1) is 11.7 Å². The van der Waals surface area contributed by atoms with E-state index in [-0.39, 0.29) is 0 Å². The summed E-state index contributed by atoms with van der Waals surface area (Å²) in [5.41, 5.74) is 10.0. The predicted molar refractivity (Wildman–Crippen MR) is 128 cm³/mol. The van der Waals surface area contributed by atoms with Crippen LogP contribution in [0.15, 0.2) is 59.1 Å². The number of nitrogens with zero attached hydrogens (tertiary/aromatic N) is 3. The van der Waals surface area contributed by atoms with Crippen LogP contribution in [0.3, 0.4) is 0 Å². The van der Waals surface area contributed by atoms with Gasteiger partial charge in [0.2, 0.25) is 0 Å². The van der Waals surface area contributed by atoms with Gasteiger partial charge >= 0.3 is 0 Å². The largest absolute Gasteiger partial charge is 0.363 e. The molecular weight excluding hydrogens is 454 g/mol. The van der Waals surface area contributed by atoms with E-state index in [1.807, 2.05) is 0 Å². The van der Waals surface area contributed by atoms with Gasteiger partial charge in [-0.25, -0.2) is 0 Å². The molecule has 6 rings (SSSR count). The van der Waals surface area contributed by atoms with Gasteiger partial charge in [0.25, 0.3) is 0 Å². The second kappa shape index (κ2) is 7.17. The zero-order chi connectivity index (χ0) is 20.2. The third-order valence-electron chi connectivity index (χ3n) is 6.77. The first kappa shape index (κ1) is 18.5. The quantitative estimate of drug-likeness (QED) is 0.316. The van der Waals surface area contributed by atoms with E-state index in [0.717, 1.165) is 22.1 Å². The van der Waals surface area contributed by atoms with Gasteiger partial charge in [-0.1, -0.05) is 48.4 Å². The Morgan fingerprint density at radius 2 is 1.83 bits per heavy atom. The molecule has 3 nitrogen and oxygen atoms in total. The summed E-state index contributed by atoms with van der Waals surface area (Å²) in [4.78, 5) is 2.66. The summed E-state index contributed by atoms with van der Waals surface area (Å²) in [7, 11) is 0. The standard InChI is InChI=1S/C25H22BrN3S/c1-15-5-7-16(8-6-15)14-29-22-4-2-3-19(22)20-13-17(9-12-23(20)29)18-10-11-21(26)25-24(18)27-30-28-25/h5-13,19,22H,2-4,14H2,1H3. The minimum atomic E-state index is 0.627. The fraction of sp³-hybridized carbons (Fsp3) is 0.280. The van der Waals surface area contributed by atoms with Crippen LogP contribution >= 0.6 is 27.7 Å². The Balaban J connectivity index is 1.42. The molecule has 150 valence electrons. The second-order valence-electron chi connectivity index (χ2n) is 8.55. The van der Waals surface area contributed by atoms with Crippen molar-refractivity contribution in [1.29, 1.82) is 0 Å². The summed E-state index contributed by atoms with van der Waals surface area (Å²) in [6.45, 7) is 3.15. The minimum Gasteiger partial charge on any atom is -0.363 e. The molecule has 2 aliphatic rings. The maximum Gasteiger partial charge on any atom is 0.119 e. The Labute approximate surface area is 189 Å². The fourth-order valence-electron chi connectivity index (χ4n) is 5.30. The van der Waals surface area contributed by atoms with Crippen molar-refractivity contribution in [2.45, 2.75) is 44.7 Å². The van der Waals surface area contributed by atoms with E-state index in [1.165, 1.54) is 64.5 Å². The topological polar surface area (TPSA) is 29.0 Å². The van der Waals surface area contributed by atoms with Crippen LogP contribution in [0.1, 0.15) is 41.9 Å². The monoisotopic (exact) mass is 475 g/mol. The number of aromatic nitrogens is 2. The Hall–Kier alpha value is -2.24. The number of aryl methyl sites for hydroxylation is 1. The number of benzene rings is 3. The Kier molecular flexibility index (Phi) is 4.43. The molecule has 1 fully saturated rings. The SMILES string of the molecule is Cc1ccc(CN2c3ccc(-c4ccc(Br)c5nsnc45)cc3C3CCCC32)cc1.